The van der Waals surface area contributed by atoms with Gasteiger partial charge in [-0.1, -0.05) is 13.3 Å². The first-order chi connectivity index (χ1) is 9.58. The molecule has 1 unspecified atom stereocenters. The molecule has 0 bridgehead atoms. The van der Waals surface area contributed by atoms with Gasteiger partial charge in [-0.3, -0.25) is 10.1 Å². The van der Waals surface area contributed by atoms with Crippen LogP contribution in [0.2, 0.25) is 0 Å². The normalized spacial score (nSPS) is 19.1. The highest BCUT2D eigenvalue weighted by Crippen LogP contribution is 2.34. The number of aryl methyl sites for hydroxylation is 2. The number of piperidine rings is 1. The summed E-state index contributed by atoms with van der Waals surface area (Å²) in [5.41, 5.74) is 0.629. The Kier molecular flexibility index (Phi) is 4.36. The molecule has 20 heavy (non-hydrogen) atoms. The van der Waals surface area contributed by atoms with Crippen LogP contribution in [0.3, 0.4) is 0 Å². The fourth-order valence-corrected chi connectivity index (χ4v) is 2.82. The van der Waals surface area contributed by atoms with E-state index in [2.05, 4.69) is 5.10 Å². The Balaban J connectivity index is 2.39. The van der Waals surface area contributed by atoms with Gasteiger partial charge in [0.25, 0.3) is 0 Å². The summed E-state index contributed by atoms with van der Waals surface area (Å²) in [6.07, 6.45) is 4.08. The van der Waals surface area contributed by atoms with Gasteiger partial charge < -0.3 is 9.69 Å². The van der Waals surface area contributed by atoms with Crippen LogP contribution in [0, 0.1) is 16.0 Å². The molecule has 0 amide bonds. The number of carbonyl (C=O) groups is 1. The average molecular weight is 280 g/mol. The van der Waals surface area contributed by atoms with Crippen molar-refractivity contribution in [3.05, 3.63) is 15.8 Å². The number of nitrogens with zero attached hydrogens (tertiary/aromatic N) is 4. The van der Waals surface area contributed by atoms with Gasteiger partial charge in [0.05, 0.1) is 4.92 Å². The molecule has 0 saturated carbocycles. The Labute approximate surface area is 117 Å². The van der Waals surface area contributed by atoms with Crippen molar-refractivity contribution in [2.75, 3.05) is 18.0 Å². The third-order valence-electron chi connectivity index (χ3n) is 3.68. The highest BCUT2D eigenvalue weighted by atomic mass is 16.6. The zero-order valence-corrected chi connectivity index (χ0v) is 11.9. The largest absolute Gasteiger partial charge is 0.350 e. The predicted molar refractivity (Wildman–Crippen MR) is 74.9 cm³/mol. The van der Waals surface area contributed by atoms with Crippen LogP contribution in [0.25, 0.3) is 0 Å². The lowest BCUT2D eigenvalue weighted by atomic mass is 9.99. The number of hydrogen-bond donors (Lipinski definition) is 0. The second-order valence-corrected chi connectivity index (χ2v) is 5.23. The Hall–Kier alpha value is -1.92. The lowest BCUT2D eigenvalue weighted by Crippen LogP contribution is -2.37. The molecule has 0 spiro atoms. The van der Waals surface area contributed by atoms with E-state index in [1.165, 1.54) is 0 Å². The predicted octanol–water partition coefficient (Wildman–Crippen LogP) is 1.70. The highest BCUT2D eigenvalue weighted by molar-refractivity contribution is 5.64. The molecule has 1 atom stereocenters. The summed E-state index contributed by atoms with van der Waals surface area (Å²) in [6, 6.07) is 0. The van der Waals surface area contributed by atoms with Crippen molar-refractivity contribution in [2.24, 2.45) is 13.0 Å². The first-order valence-corrected chi connectivity index (χ1v) is 6.99. The topological polar surface area (TPSA) is 81.3 Å². The van der Waals surface area contributed by atoms with Crippen molar-refractivity contribution in [3.63, 3.8) is 0 Å². The van der Waals surface area contributed by atoms with Crippen LogP contribution < -0.4 is 4.90 Å². The number of anilines is 1. The van der Waals surface area contributed by atoms with Crippen molar-refractivity contribution >= 4 is 17.8 Å². The van der Waals surface area contributed by atoms with Crippen molar-refractivity contribution in [2.45, 2.75) is 32.6 Å². The van der Waals surface area contributed by atoms with Gasteiger partial charge in [-0.25, -0.2) is 4.68 Å². The zero-order valence-electron chi connectivity index (χ0n) is 11.9. The lowest BCUT2D eigenvalue weighted by Gasteiger charge is -2.31. The fraction of sp³-hybridized carbons (Fsp3) is 0.692. The minimum absolute atomic E-state index is 0.0483. The molecule has 2 heterocycles. The minimum atomic E-state index is -0.349. The molecule has 1 aliphatic rings. The summed E-state index contributed by atoms with van der Waals surface area (Å²) in [5.74, 6) is 0.484. The molecular weight excluding hydrogens is 260 g/mol. The Morgan fingerprint density at radius 3 is 2.90 bits per heavy atom. The molecule has 110 valence electrons. The van der Waals surface area contributed by atoms with Gasteiger partial charge in [0, 0.05) is 26.1 Å². The molecule has 2 rings (SSSR count). The van der Waals surface area contributed by atoms with Crippen LogP contribution in [0.4, 0.5) is 11.5 Å². The average Bonchev–Trinajstić information content (AvgIpc) is 2.76. The third kappa shape index (κ3) is 2.66. The zero-order chi connectivity index (χ0) is 14.7. The van der Waals surface area contributed by atoms with Gasteiger partial charge in [-0.15, -0.1) is 0 Å². The first-order valence-electron chi connectivity index (χ1n) is 6.99. The van der Waals surface area contributed by atoms with Gasteiger partial charge in [0.2, 0.25) is 5.82 Å². The SMILES string of the molecule is CCCc1nn(C)c(N2CCCC(C=O)C2)c1[N+](=O)[O-]. The quantitative estimate of drug-likeness (QED) is 0.466. The van der Waals surface area contributed by atoms with Crippen LogP contribution in [-0.2, 0) is 18.3 Å². The summed E-state index contributed by atoms with van der Waals surface area (Å²) in [5, 5.41) is 15.7. The van der Waals surface area contributed by atoms with Crippen LogP contribution in [0.15, 0.2) is 0 Å². The third-order valence-corrected chi connectivity index (χ3v) is 3.68. The van der Waals surface area contributed by atoms with Crippen molar-refractivity contribution in [1.29, 1.82) is 0 Å². The van der Waals surface area contributed by atoms with Gasteiger partial charge in [-0.2, -0.15) is 5.10 Å². The van der Waals surface area contributed by atoms with E-state index in [4.69, 9.17) is 0 Å². The van der Waals surface area contributed by atoms with Gasteiger partial charge >= 0.3 is 5.69 Å². The molecule has 0 aromatic carbocycles. The maximum absolute atomic E-state index is 11.4. The molecule has 7 heteroatoms. The van der Waals surface area contributed by atoms with E-state index < -0.39 is 0 Å². The second-order valence-electron chi connectivity index (χ2n) is 5.23. The van der Waals surface area contributed by atoms with Gasteiger partial charge in [0.15, 0.2) is 0 Å². The number of rotatable bonds is 5. The Morgan fingerprint density at radius 1 is 1.55 bits per heavy atom. The smallest absolute Gasteiger partial charge is 0.334 e. The maximum Gasteiger partial charge on any atom is 0.334 e. The molecule has 0 aliphatic carbocycles. The number of hydrogen-bond acceptors (Lipinski definition) is 5. The van der Waals surface area contributed by atoms with Crippen LogP contribution in [0.5, 0.6) is 0 Å². The summed E-state index contributed by atoms with van der Waals surface area (Å²) in [7, 11) is 1.73. The number of nitro groups is 1. The van der Waals surface area contributed by atoms with E-state index >= 15 is 0 Å². The van der Waals surface area contributed by atoms with Crippen molar-refractivity contribution in [1.82, 2.24) is 9.78 Å². The van der Waals surface area contributed by atoms with Crippen molar-refractivity contribution in [3.8, 4) is 0 Å². The molecule has 0 radical (unpaired) electrons. The number of carbonyl (C=O) groups excluding carboxylic acids is 1. The number of aldehydes is 1. The maximum atomic E-state index is 11.4. The Morgan fingerprint density at radius 2 is 2.30 bits per heavy atom. The lowest BCUT2D eigenvalue weighted by molar-refractivity contribution is -0.384. The van der Waals surface area contributed by atoms with Gasteiger partial charge in [-0.05, 0) is 19.3 Å². The molecule has 1 saturated heterocycles. The van der Waals surface area contributed by atoms with Crippen molar-refractivity contribution < 1.29 is 9.72 Å². The molecule has 1 aromatic rings. The highest BCUT2D eigenvalue weighted by Gasteiger charge is 2.32. The van der Waals surface area contributed by atoms with Crippen LogP contribution in [-0.4, -0.2) is 34.1 Å². The van der Waals surface area contributed by atoms with E-state index in [0.717, 1.165) is 32.1 Å². The second kappa shape index (κ2) is 6.02. The van der Waals surface area contributed by atoms with Crippen LogP contribution >= 0.6 is 0 Å². The number of aromatic nitrogens is 2. The van der Waals surface area contributed by atoms with Crippen LogP contribution in [0.1, 0.15) is 31.9 Å². The molecule has 1 aromatic heterocycles. The summed E-state index contributed by atoms with van der Waals surface area (Å²) in [4.78, 5) is 23.9. The molecule has 1 aliphatic heterocycles. The van der Waals surface area contributed by atoms with E-state index in [0.29, 0.717) is 24.5 Å². The minimum Gasteiger partial charge on any atom is -0.350 e. The van der Waals surface area contributed by atoms with E-state index in [1.807, 2.05) is 11.8 Å². The van der Waals surface area contributed by atoms with E-state index in [9.17, 15) is 14.9 Å². The molecule has 0 N–H and O–H groups in total. The summed E-state index contributed by atoms with van der Waals surface area (Å²) < 4.78 is 1.58. The first kappa shape index (κ1) is 14.5. The monoisotopic (exact) mass is 280 g/mol. The standard InChI is InChI=1S/C13H20N4O3/c1-3-5-11-12(17(19)20)13(15(2)14-11)16-7-4-6-10(8-16)9-18/h9-10H,3-8H2,1-2H3. The molecule has 7 nitrogen and oxygen atoms in total. The van der Waals surface area contributed by atoms with E-state index in [-0.39, 0.29) is 16.5 Å². The summed E-state index contributed by atoms with van der Waals surface area (Å²) >= 11 is 0. The summed E-state index contributed by atoms with van der Waals surface area (Å²) in [6.45, 7) is 3.24. The van der Waals surface area contributed by atoms with Gasteiger partial charge in [0.1, 0.15) is 12.0 Å². The van der Waals surface area contributed by atoms with E-state index in [1.54, 1.807) is 11.7 Å². The molecular formula is C13H20N4O3. The molecule has 1 fully saturated rings. The fourth-order valence-electron chi connectivity index (χ4n) is 2.82. The Bertz CT molecular complexity index is 512.